The highest BCUT2D eigenvalue weighted by atomic mass is 32.1. The lowest BCUT2D eigenvalue weighted by Gasteiger charge is -2.10. The van der Waals surface area contributed by atoms with Crippen LogP contribution >= 0.6 is 12.9 Å². The quantitative estimate of drug-likeness (QED) is 0.452. The van der Waals surface area contributed by atoms with E-state index in [-0.39, 0.29) is 6.10 Å². The van der Waals surface area contributed by atoms with Crippen LogP contribution < -0.4 is 0 Å². The average Bonchev–Trinajstić information content (AvgIpc) is 2.18. The van der Waals surface area contributed by atoms with E-state index in [1.54, 1.807) is 0 Å². The van der Waals surface area contributed by atoms with Gasteiger partial charge in [-0.15, -0.1) is 0 Å². The first-order valence-corrected chi connectivity index (χ1v) is 3.65. The van der Waals surface area contributed by atoms with Gasteiger partial charge >= 0.3 is 0 Å². The highest BCUT2D eigenvalue weighted by molar-refractivity contribution is 7.75. The predicted octanol–water partition coefficient (Wildman–Crippen LogP) is 1.01. The van der Waals surface area contributed by atoms with E-state index >= 15 is 0 Å². The van der Waals surface area contributed by atoms with E-state index in [4.69, 9.17) is 0 Å². The van der Waals surface area contributed by atoms with Crippen LogP contribution in [0.2, 0.25) is 0 Å². The monoisotopic (exact) mass is 148 g/mol. The molecule has 0 aromatic rings. The van der Waals surface area contributed by atoms with Gasteiger partial charge in [0.25, 0.3) is 0 Å². The molecule has 0 bridgehead atoms. The Hall–Kier alpha value is 0.270. The molecule has 2 unspecified atom stereocenters. The van der Waals surface area contributed by atoms with E-state index in [1.165, 1.54) is 0 Å². The molecule has 9 heavy (non-hydrogen) atoms. The predicted molar refractivity (Wildman–Crippen MR) is 38.3 cm³/mol. The van der Waals surface area contributed by atoms with Gasteiger partial charge in [0.1, 0.15) is 0 Å². The largest absolute Gasteiger partial charge is 0.393 e. The number of hydrogen-bond acceptors (Lipinski definition) is 3. The van der Waals surface area contributed by atoms with Crippen molar-refractivity contribution in [1.82, 2.24) is 0 Å². The summed E-state index contributed by atoms with van der Waals surface area (Å²) in [7, 11) is 0. The van der Waals surface area contributed by atoms with Crippen LogP contribution in [0.25, 0.3) is 0 Å². The molecule has 1 fully saturated rings. The zero-order valence-electron chi connectivity index (χ0n) is 5.29. The highest BCUT2D eigenvalue weighted by Gasteiger charge is 2.24. The molecular weight excluding hydrogens is 136 g/mol. The number of hydrogen-bond donors (Lipinski definition) is 2. The molecule has 0 heterocycles. The zero-order valence-corrected chi connectivity index (χ0v) is 6.18. The lowest BCUT2D eigenvalue weighted by molar-refractivity contribution is 0.106. The van der Waals surface area contributed by atoms with Gasteiger partial charge in [-0.2, -0.15) is 0 Å². The number of thiol groups is 1. The van der Waals surface area contributed by atoms with Gasteiger partial charge in [-0.25, -0.2) is 0 Å². The number of aliphatic hydroxyl groups excluding tert-OH is 1. The van der Waals surface area contributed by atoms with Crippen molar-refractivity contribution in [3.05, 3.63) is 0 Å². The van der Waals surface area contributed by atoms with Crippen LogP contribution in [0.4, 0.5) is 0 Å². The zero-order chi connectivity index (χ0) is 6.69. The van der Waals surface area contributed by atoms with Crippen LogP contribution in [-0.4, -0.2) is 17.8 Å². The summed E-state index contributed by atoms with van der Waals surface area (Å²) in [6.45, 7) is 0.588. The molecule has 0 radical (unpaired) electrons. The summed E-state index contributed by atoms with van der Waals surface area (Å²) in [6.07, 6.45) is 3.00. The summed E-state index contributed by atoms with van der Waals surface area (Å²) in [5.74, 6) is 0.336. The lowest BCUT2D eigenvalue weighted by Crippen LogP contribution is -2.16. The van der Waals surface area contributed by atoms with Crippen molar-refractivity contribution in [3.63, 3.8) is 0 Å². The molecule has 3 heteroatoms. The Bertz CT molecular complexity index is 87.1. The summed E-state index contributed by atoms with van der Waals surface area (Å²) in [5.41, 5.74) is 0. The Balaban J connectivity index is 2.22. The molecular formula is C6H12O2S. The third-order valence-electron chi connectivity index (χ3n) is 1.91. The maximum Gasteiger partial charge on any atom is 0.0663 e. The van der Waals surface area contributed by atoms with Gasteiger partial charge in [0.05, 0.1) is 12.7 Å². The fourth-order valence-corrected chi connectivity index (χ4v) is 1.50. The molecule has 1 aliphatic rings. The minimum Gasteiger partial charge on any atom is -0.393 e. The van der Waals surface area contributed by atoms with E-state index < -0.39 is 0 Å². The van der Waals surface area contributed by atoms with Gasteiger partial charge in [0.15, 0.2) is 0 Å². The van der Waals surface area contributed by atoms with Crippen LogP contribution in [0, 0.1) is 5.92 Å². The van der Waals surface area contributed by atoms with E-state index in [0.29, 0.717) is 12.5 Å². The van der Waals surface area contributed by atoms with E-state index in [0.717, 1.165) is 19.3 Å². The fraction of sp³-hybridized carbons (Fsp3) is 1.00. The van der Waals surface area contributed by atoms with Gasteiger partial charge in [-0.05, 0) is 25.8 Å². The van der Waals surface area contributed by atoms with E-state index in [1.807, 2.05) is 0 Å². The molecule has 1 rings (SSSR count). The average molecular weight is 148 g/mol. The molecule has 54 valence electrons. The molecule has 0 spiro atoms. The molecule has 0 aliphatic heterocycles. The fourth-order valence-electron chi connectivity index (χ4n) is 1.31. The third kappa shape index (κ3) is 1.85. The standard InChI is InChI=1S/C6H12O2S/c7-6-3-1-2-5(6)4-8-9/h5-7,9H,1-4H2. The van der Waals surface area contributed by atoms with Gasteiger partial charge in [0.2, 0.25) is 0 Å². The van der Waals surface area contributed by atoms with Crippen molar-refractivity contribution >= 4 is 12.9 Å². The minimum absolute atomic E-state index is 0.142. The van der Waals surface area contributed by atoms with Crippen molar-refractivity contribution in [1.29, 1.82) is 0 Å². The second-order valence-electron chi connectivity index (χ2n) is 2.55. The van der Waals surface area contributed by atoms with E-state index in [2.05, 4.69) is 17.1 Å². The molecule has 2 nitrogen and oxygen atoms in total. The lowest BCUT2D eigenvalue weighted by atomic mass is 10.1. The molecule has 2 atom stereocenters. The summed E-state index contributed by atoms with van der Waals surface area (Å²) in [5, 5.41) is 9.21. The molecule has 1 aliphatic carbocycles. The van der Waals surface area contributed by atoms with Gasteiger partial charge < -0.3 is 9.29 Å². The van der Waals surface area contributed by atoms with Crippen molar-refractivity contribution < 1.29 is 9.29 Å². The molecule has 0 aromatic heterocycles. The number of aliphatic hydroxyl groups is 1. The first-order valence-electron chi connectivity index (χ1n) is 3.29. The number of rotatable bonds is 2. The SMILES string of the molecule is OC1CCCC1COS. The topological polar surface area (TPSA) is 29.5 Å². The first kappa shape index (κ1) is 7.38. The Morgan fingerprint density at radius 2 is 2.33 bits per heavy atom. The Labute approximate surface area is 60.8 Å². The summed E-state index contributed by atoms with van der Waals surface area (Å²) >= 11 is 3.63. The Kier molecular flexibility index (Phi) is 2.82. The van der Waals surface area contributed by atoms with E-state index in [9.17, 15) is 5.11 Å². The van der Waals surface area contributed by atoms with Crippen LogP contribution in [-0.2, 0) is 4.18 Å². The molecule has 1 N–H and O–H groups in total. The van der Waals surface area contributed by atoms with Crippen molar-refractivity contribution in [2.45, 2.75) is 25.4 Å². The van der Waals surface area contributed by atoms with Crippen LogP contribution in [0.5, 0.6) is 0 Å². The van der Waals surface area contributed by atoms with Crippen LogP contribution in [0.15, 0.2) is 0 Å². The summed E-state index contributed by atoms with van der Waals surface area (Å²) in [6, 6.07) is 0. The van der Waals surface area contributed by atoms with Crippen molar-refractivity contribution in [3.8, 4) is 0 Å². The van der Waals surface area contributed by atoms with Crippen LogP contribution in [0.1, 0.15) is 19.3 Å². The van der Waals surface area contributed by atoms with Crippen molar-refractivity contribution in [2.24, 2.45) is 5.92 Å². The summed E-state index contributed by atoms with van der Waals surface area (Å²) < 4.78 is 4.63. The van der Waals surface area contributed by atoms with Gasteiger partial charge in [-0.3, -0.25) is 0 Å². The van der Waals surface area contributed by atoms with Gasteiger partial charge in [0, 0.05) is 5.92 Å². The second kappa shape index (κ2) is 3.44. The normalized spacial score (nSPS) is 35.3. The third-order valence-corrected chi connectivity index (χ3v) is 2.06. The van der Waals surface area contributed by atoms with Crippen molar-refractivity contribution in [2.75, 3.05) is 6.61 Å². The molecule has 1 saturated carbocycles. The Morgan fingerprint density at radius 1 is 1.56 bits per heavy atom. The summed E-state index contributed by atoms with van der Waals surface area (Å²) in [4.78, 5) is 0. The van der Waals surface area contributed by atoms with Gasteiger partial charge in [-0.1, -0.05) is 6.42 Å². The smallest absolute Gasteiger partial charge is 0.0663 e. The highest BCUT2D eigenvalue weighted by Crippen LogP contribution is 2.25. The Morgan fingerprint density at radius 3 is 2.78 bits per heavy atom. The van der Waals surface area contributed by atoms with Crippen LogP contribution in [0.3, 0.4) is 0 Å². The second-order valence-corrected chi connectivity index (χ2v) is 2.81. The maximum absolute atomic E-state index is 9.21. The maximum atomic E-state index is 9.21. The molecule has 0 saturated heterocycles. The molecule has 0 amide bonds. The molecule has 0 aromatic carbocycles. The minimum atomic E-state index is -0.142. The first-order chi connectivity index (χ1) is 4.34.